The van der Waals surface area contributed by atoms with Crippen molar-refractivity contribution in [2.45, 2.75) is 6.92 Å². The van der Waals surface area contributed by atoms with Crippen LogP contribution in [0, 0.1) is 0 Å². The van der Waals surface area contributed by atoms with Gasteiger partial charge >= 0.3 is 0 Å². The summed E-state index contributed by atoms with van der Waals surface area (Å²) in [4.78, 5) is 0. The van der Waals surface area contributed by atoms with Crippen molar-refractivity contribution in [3.8, 4) is 0 Å². The van der Waals surface area contributed by atoms with E-state index in [0.717, 1.165) is 5.06 Å². The number of rotatable bonds is 7. The maximum absolute atomic E-state index is 9.01. The van der Waals surface area contributed by atoms with Gasteiger partial charge in [-0.1, -0.05) is 0 Å². The van der Waals surface area contributed by atoms with E-state index in [-0.39, 0.29) is 0 Å². The van der Waals surface area contributed by atoms with Gasteiger partial charge in [-0.05, 0) is 6.92 Å². The summed E-state index contributed by atoms with van der Waals surface area (Å²) in [6, 6.07) is 0. The minimum absolute atomic E-state index is 0.350. The Morgan fingerprint density at radius 3 is 2.73 bits per heavy atom. The van der Waals surface area contributed by atoms with E-state index in [1.54, 1.807) is 0 Å². The number of hydrogen-bond acceptors (Lipinski definition) is 5. The lowest BCUT2D eigenvalue weighted by Gasteiger charge is -2.13. The molecule has 0 fully saturated rings. The molecule has 0 spiro atoms. The molecular formula is C6H16N2O3. The molecule has 68 valence electrons. The van der Waals surface area contributed by atoms with Gasteiger partial charge in [0.05, 0.1) is 6.61 Å². The Kier molecular flexibility index (Phi) is 7.76. The first-order chi connectivity index (χ1) is 5.31. The lowest BCUT2D eigenvalue weighted by Crippen LogP contribution is -2.30. The third-order valence-corrected chi connectivity index (χ3v) is 1.18. The van der Waals surface area contributed by atoms with Crippen LogP contribution in [0.3, 0.4) is 0 Å². The van der Waals surface area contributed by atoms with Gasteiger partial charge in [0, 0.05) is 26.2 Å². The highest BCUT2D eigenvalue weighted by molar-refractivity contribution is 4.44. The molecule has 11 heavy (non-hydrogen) atoms. The number of ether oxygens (including phenoxy) is 1. The van der Waals surface area contributed by atoms with Crippen molar-refractivity contribution in [1.29, 1.82) is 0 Å². The van der Waals surface area contributed by atoms with Crippen LogP contribution in [0.4, 0.5) is 0 Å². The second-order valence-electron chi connectivity index (χ2n) is 2.06. The highest BCUT2D eigenvalue weighted by atomic mass is 16.5. The van der Waals surface area contributed by atoms with Crippen LogP contribution in [0.15, 0.2) is 0 Å². The monoisotopic (exact) mass is 164 g/mol. The molecule has 0 aromatic carbocycles. The molecule has 0 aliphatic heterocycles. The Hall–Kier alpha value is -0.200. The van der Waals surface area contributed by atoms with E-state index < -0.39 is 0 Å². The molecule has 0 saturated heterocycles. The van der Waals surface area contributed by atoms with Crippen molar-refractivity contribution < 1.29 is 15.2 Å². The normalized spacial score (nSPS) is 10.9. The molecular weight excluding hydrogens is 148 g/mol. The molecule has 0 aliphatic rings. The SMILES string of the molecule is CCOCCN(O)CCNO. The van der Waals surface area contributed by atoms with Crippen LogP contribution in [0.25, 0.3) is 0 Å². The van der Waals surface area contributed by atoms with Crippen LogP contribution in [-0.4, -0.2) is 48.3 Å². The van der Waals surface area contributed by atoms with Gasteiger partial charge in [0.1, 0.15) is 0 Å². The Morgan fingerprint density at radius 1 is 1.45 bits per heavy atom. The van der Waals surface area contributed by atoms with E-state index >= 15 is 0 Å². The van der Waals surface area contributed by atoms with Gasteiger partial charge in [0.2, 0.25) is 0 Å². The predicted molar refractivity (Wildman–Crippen MR) is 39.6 cm³/mol. The average molecular weight is 164 g/mol. The van der Waals surface area contributed by atoms with Crippen molar-refractivity contribution >= 4 is 0 Å². The number of nitrogens with zero attached hydrogens (tertiary/aromatic N) is 1. The molecule has 0 aromatic rings. The van der Waals surface area contributed by atoms with Crippen molar-refractivity contribution in [2.24, 2.45) is 0 Å². The molecule has 0 aliphatic carbocycles. The fourth-order valence-corrected chi connectivity index (χ4v) is 0.605. The van der Waals surface area contributed by atoms with E-state index in [1.165, 1.54) is 0 Å². The van der Waals surface area contributed by atoms with E-state index in [0.29, 0.717) is 32.8 Å². The molecule has 5 nitrogen and oxygen atoms in total. The second-order valence-corrected chi connectivity index (χ2v) is 2.06. The van der Waals surface area contributed by atoms with E-state index in [2.05, 4.69) is 0 Å². The van der Waals surface area contributed by atoms with Crippen molar-refractivity contribution in [1.82, 2.24) is 10.5 Å². The maximum atomic E-state index is 9.01. The fraction of sp³-hybridized carbons (Fsp3) is 1.00. The first-order valence-corrected chi connectivity index (χ1v) is 3.69. The Morgan fingerprint density at radius 2 is 2.18 bits per heavy atom. The molecule has 0 aromatic heterocycles. The van der Waals surface area contributed by atoms with Gasteiger partial charge in [-0.3, -0.25) is 0 Å². The van der Waals surface area contributed by atoms with Gasteiger partial charge < -0.3 is 15.2 Å². The Labute approximate surface area is 66.5 Å². The van der Waals surface area contributed by atoms with Gasteiger partial charge in [0.15, 0.2) is 0 Å². The average Bonchev–Trinajstić information content (AvgIpc) is 2.01. The summed E-state index contributed by atoms with van der Waals surface area (Å²) >= 11 is 0. The molecule has 0 saturated carbocycles. The number of hydroxylamine groups is 3. The van der Waals surface area contributed by atoms with E-state index in [4.69, 9.17) is 15.2 Å². The van der Waals surface area contributed by atoms with Crippen LogP contribution >= 0.6 is 0 Å². The lowest BCUT2D eigenvalue weighted by molar-refractivity contribution is -0.106. The minimum Gasteiger partial charge on any atom is -0.380 e. The Bertz CT molecular complexity index is 82.2. The molecule has 0 unspecified atom stereocenters. The molecule has 3 N–H and O–H groups in total. The second kappa shape index (κ2) is 7.90. The molecule has 0 amide bonds. The van der Waals surface area contributed by atoms with Gasteiger partial charge in [-0.25, -0.2) is 5.48 Å². The first kappa shape index (κ1) is 10.8. The smallest absolute Gasteiger partial charge is 0.0616 e. The van der Waals surface area contributed by atoms with Gasteiger partial charge in [-0.2, -0.15) is 5.06 Å². The van der Waals surface area contributed by atoms with Gasteiger partial charge in [-0.15, -0.1) is 0 Å². The topological polar surface area (TPSA) is 65.0 Å². The summed E-state index contributed by atoms with van der Waals surface area (Å²) < 4.78 is 5.00. The van der Waals surface area contributed by atoms with Crippen LogP contribution < -0.4 is 5.48 Å². The molecule has 5 heteroatoms. The minimum atomic E-state index is 0.350. The highest BCUT2D eigenvalue weighted by Crippen LogP contribution is 1.80. The molecule has 0 atom stereocenters. The molecule has 0 rings (SSSR count). The summed E-state index contributed by atoms with van der Waals surface area (Å²) in [7, 11) is 0. The summed E-state index contributed by atoms with van der Waals surface area (Å²) in [6.45, 7) is 4.28. The fourth-order valence-electron chi connectivity index (χ4n) is 0.605. The van der Waals surface area contributed by atoms with Crippen LogP contribution in [0.1, 0.15) is 6.92 Å². The van der Waals surface area contributed by atoms with Crippen molar-refractivity contribution in [2.75, 3.05) is 32.8 Å². The number of nitrogens with one attached hydrogen (secondary N) is 1. The molecule has 0 heterocycles. The molecule has 0 bridgehead atoms. The quantitative estimate of drug-likeness (QED) is 0.356. The third-order valence-electron chi connectivity index (χ3n) is 1.18. The number of hydrogen-bond donors (Lipinski definition) is 3. The highest BCUT2D eigenvalue weighted by Gasteiger charge is 1.97. The Balaban J connectivity index is 3.02. The van der Waals surface area contributed by atoms with E-state index in [1.807, 2.05) is 12.4 Å². The standard InChI is InChI=1S/C6H16N2O3/c1-2-11-6-5-8(10)4-3-7-9/h7,9-10H,2-6H2,1H3. The van der Waals surface area contributed by atoms with Crippen LogP contribution in [0.2, 0.25) is 0 Å². The summed E-state index contributed by atoms with van der Waals surface area (Å²) in [5.41, 5.74) is 1.95. The summed E-state index contributed by atoms with van der Waals surface area (Å²) in [5, 5.41) is 18.3. The maximum Gasteiger partial charge on any atom is 0.0616 e. The molecule has 0 radical (unpaired) electrons. The van der Waals surface area contributed by atoms with Crippen LogP contribution in [-0.2, 0) is 4.74 Å². The first-order valence-electron chi connectivity index (χ1n) is 3.69. The zero-order chi connectivity index (χ0) is 8.53. The van der Waals surface area contributed by atoms with Crippen molar-refractivity contribution in [3.63, 3.8) is 0 Å². The lowest BCUT2D eigenvalue weighted by atomic mass is 10.6. The third kappa shape index (κ3) is 7.70. The van der Waals surface area contributed by atoms with Gasteiger partial charge in [0.25, 0.3) is 0 Å². The zero-order valence-corrected chi connectivity index (χ0v) is 6.79. The van der Waals surface area contributed by atoms with Crippen molar-refractivity contribution in [3.05, 3.63) is 0 Å². The summed E-state index contributed by atoms with van der Waals surface area (Å²) in [5.74, 6) is 0. The van der Waals surface area contributed by atoms with Crippen LogP contribution in [0.5, 0.6) is 0 Å². The summed E-state index contributed by atoms with van der Waals surface area (Å²) in [6.07, 6.45) is 0. The largest absolute Gasteiger partial charge is 0.380 e. The zero-order valence-electron chi connectivity index (χ0n) is 6.79. The predicted octanol–water partition coefficient (Wildman–Crippen LogP) is -0.307. The van der Waals surface area contributed by atoms with E-state index in [9.17, 15) is 0 Å².